The van der Waals surface area contributed by atoms with Gasteiger partial charge in [0.15, 0.2) is 0 Å². The molecule has 0 aliphatic rings. The van der Waals surface area contributed by atoms with Crippen LogP contribution in [0.1, 0.15) is 20.3 Å². The summed E-state index contributed by atoms with van der Waals surface area (Å²) in [5.74, 6) is -1.14. The summed E-state index contributed by atoms with van der Waals surface area (Å²) in [5, 5.41) is 16.7. The van der Waals surface area contributed by atoms with Crippen LogP contribution in [0.2, 0.25) is 0 Å². The van der Waals surface area contributed by atoms with Crippen LogP contribution in [0, 0.1) is 16.0 Å². The second-order valence-corrected chi connectivity index (χ2v) is 4.90. The predicted molar refractivity (Wildman–Crippen MR) is 72.3 cm³/mol. The number of rotatable bonds is 7. The largest absolute Gasteiger partial charge is 0.467 e. The number of hydrogen-bond acceptors (Lipinski definition) is 6. The van der Waals surface area contributed by atoms with E-state index < -0.39 is 22.8 Å². The lowest BCUT2D eigenvalue weighted by molar-refractivity contribution is -0.389. The molecule has 1 aromatic rings. The summed E-state index contributed by atoms with van der Waals surface area (Å²) in [7, 11) is 1.25. The number of nitrogens with zero attached hydrogens (tertiary/aromatic N) is 3. The van der Waals surface area contributed by atoms with Gasteiger partial charge in [0.25, 0.3) is 0 Å². The summed E-state index contributed by atoms with van der Waals surface area (Å²) in [4.78, 5) is 33.3. The topological polar surface area (TPSA) is 116 Å². The summed E-state index contributed by atoms with van der Waals surface area (Å²) in [5.41, 5.74) is 0. The molecule has 0 aliphatic carbocycles. The first-order valence-corrected chi connectivity index (χ1v) is 6.38. The molecular formula is C12H18N4O5. The number of methoxy groups -OCH3 is 1. The summed E-state index contributed by atoms with van der Waals surface area (Å²) in [6.07, 6.45) is 1.77. The van der Waals surface area contributed by atoms with E-state index in [9.17, 15) is 19.7 Å². The van der Waals surface area contributed by atoms with E-state index >= 15 is 0 Å². The lowest BCUT2D eigenvalue weighted by Gasteiger charge is -2.17. The van der Waals surface area contributed by atoms with Gasteiger partial charge in [-0.3, -0.25) is 4.79 Å². The Morgan fingerprint density at radius 3 is 2.67 bits per heavy atom. The number of amides is 1. The van der Waals surface area contributed by atoms with E-state index in [1.165, 1.54) is 19.4 Å². The second-order valence-electron chi connectivity index (χ2n) is 4.90. The van der Waals surface area contributed by atoms with Crippen molar-refractivity contribution >= 4 is 17.7 Å². The molecule has 1 unspecified atom stereocenters. The minimum Gasteiger partial charge on any atom is -0.467 e. The number of carbonyl (C=O) groups is 2. The number of ether oxygens (including phenoxy) is 1. The Hall–Kier alpha value is -2.45. The Morgan fingerprint density at radius 2 is 2.19 bits per heavy atom. The molecule has 1 aromatic heterocycles. The van der Waals surface area contributed by atoms with E-state index in [4.69, 9.17) is 0 Å². The maximum atomic E-state index is 11.9. The molecule has 0 radical (unpaired) electrons. The molecule has 1 atom stereocenters. The first-order chi connectivity index (χ1) is 9.83. The first-order valence-electron chi connectivity index (χ1n) is 6.38. The molecule has 0 spiro atoms. The van der Waals surface area contributed by atoms with Gasteiger partial charge in [-0.25, -0.2) is 4.79 Å². The van der Waals surface area contributed by atoms with Crippen molar-refractivity contribution < 1.29 is 19.2 Å². The Labute approximate surface area is 121 Å². The lowest BCUT2D eigenvalue weighted by Crippen LogP contribution is -2.43. The molecule has 1 heterocycles. The van der Waals surface area contributed by atoms with Gasteiger partial charge in [0.1, 0.15) is 12.6 Å². The number of aromatic nitrogens is 2. The van der Waals surface area contributed by atoms with Crippen LogP contribution in [-0.2, 0) is 20.9 Å². The predicted octanol–water partition coefficient (Wildman–Crippen LogP) is 0.495. The third-order valence-corrected chi connectivity index (χ3v) is 2.65. The second kappa shape index (κ2) is 7.36. The van der Waals surface area contributed by atoms with E-state index in [1.54, 1.807) is 0 Å². The molecule has 9 nitrogen and oxygen atoms in total. The average Bonchev–Trinajstić information content (AvgIpc) is 2.85. The van der Waals surface area contributed by atoms with Crippen LogP contribution in [0.4, 0.5) is 5.82 Å². The van der Waals surface area contributed by atoms with Crippen LogP contribution in [0.15, 0.2) is 12.3 Å². The Morgan fingerprint density at radius 1 is 1.52 bits per heavy atom. The number of esters is 1. The normalized spacial score (nSPS) is 12.0. The van der Waals surface area contributed by atoms with Gasteiger partial charge in [-0.05, 0) is 17.3 Å². The number of hydrogen-bond donors (Lipinski definition) is 1. The third kappa shape index (κ3) is 5.21. The summed E-state index contributed by atoms with van der Waals surface area (Å²) in [6.45, 7) is 3.62. The van der Waals surface area contributed by atoms with E-state index in [1.807, 2.05) is 13.8 Å². The van der Waals surface area contributed by atoms with Crippen molar-refractivity contribution in [2.45, 2.75) is 32.9 Å². The van der Waals surface area contributed by atoms with E-state index in [-0.39, 0.29) is 18.3 Å². The van der Waals surface area contributed by atoms with Gasteiger partial charge in [-0.2, -0.15) is 4.68 Å². The van der Waals surface area contributed by atoms with Gasteiger partial charge in [0, 0.05) is 0 Å². The minimum atomic E-state index is -0.743. The summed E-state index contributed by atoms with van der Waals surface area (Å²) >= 11 is 0. The van der Waals surface area contributed by atoms with Gasteiger partial charge >= 0.3 is 11.8 Å². The fourth-order valence-electron chi connectivity index (χ4n) is 1.75. The quantitative estimate of drug-likeness (QED) is 0.445. The van der Waals surface area contributed by atoms with Crippen LogP contribution in [-0.4, -0.2) is 39.7 Å². The van der Waals surface area contributed by atoms with Gasteiger partial charge in [-0.15, -0.1) is 0 Å². The van der Waals surface area contributed by atoms with E-state index in [0.29, 0.717) is 6.42 Å². The fourth-order valence-corrected chi connectivity index (χ4v) is 1.75. The highest BCUT2D eigenvalue weighted by Gasteiger charge is 2.23. The van der Waals surface area contributed by atoms with Crippen LogP contribution in [0.3, 0.4) is 0 Å². The molecule has 1 N–H and O–H groups in total. The van der Waals surface area contributed by atoms with Crippen LogP contribution in [0.5, 0.6) is 0 Å². The number of carbonyl (C=O) groups excluding carboxylic acids is 2. The van der Waals surface area contributed by atoms with Crippen molar-refractivity contribution in [3.63, 3.8) is 0 Å². The van der Waals surface area contributed by atoms with Crippen molar-refractivity contribution in [2.24, 2.45) is 5.92 Å². The monoisotopic (exact) mass is 298 g/mol. The standard InChI is InChI=1S/C12H18N4O5/c1-8(2)6-9(12(18)21-3)13-11(17)7-15-5-4-10(14-15)16(19)20/h4-5,8-9H,6-7H2,1-3H3,(H,13,17). The molecule has 1 rings (SSSR count). The molecule has 116 valence electrons. The zero-order valence-electron chi connectivity index (χ0n) is 12.1. The van der Waals surface area contributed by atoms with Gasteiger partial charge in [-0.1, -0.05) is 13.8 Å². The molecule has 1 amide bonds. The van der Waals surface area contributed by atoms with E-state index in [2.05, 4.69) is 15.2 Å². The van der Waals surface area contributed by atoms with Crippen molar-refractivity contribution in [1.29, 1.82) is 0 Å². The molecule has 9 heteroatoms. The smallest absolute Gasteiger partial charge is 0.389 e. The lowest BCUT2D eigenvalue weighted by atomic mass is 10.0. The molecule has 21 heavy (non-hydrogen) atoms. The van der Waals surface area contributed by atoms with Crippen molar-refractivity contribution in [2.75, 3.05) is 7.11 Å². The molecule has 0 aliphatic heterocycles. The molecule has 0 saturated heterocycles. The molecule has 0 fully saturated rings. The minimum absolute atomic E-state index is 0.195. The Kier molecular flexibility index (Phi) is 5.82. The first kappa shape index (κ1) is 16.6. The highest BCUT2D eigenvalue weighted by Crippen LogP contribution is 2.07. The van der Waals surface area contributed by atoms with E-state index in [0.717, 1.165) is 4.68 Å². The maximum absolute atomic E-state index is 11.9. The SMILES string of the molecule is COC(=O)C(CC(C)C)NC(=O)Cn1ccc([N+](=O)[O-])n1. The molecule has 0 aromatic carbocycles. The number of nitrogens with one attached hydrogen (secondary N) is 1. The summed E-state index contributed by atoms with van der Waals surface area (Å²) in [6, 6.07) is 0.451. The maximum Gasteiger partial charge on any atom is 0.389 e. The van der Waals surface area contributed by atoms with Gasteiger partial charge in [0.2, 0.25) is 5.91 Å². The Bertz CT molecular complexity index is 525. The van der Waals surface area contributed by atoms with Crippen molar-refractivity contribution in [3.8, 4) is 0 Å². The average molecular weight is 298 g/mol. The van der Waals surface area contributed by atoms with Gasteiger partial charge < -0.3 is 20.2 Å². The van der Waals surface area contributed by atoms with Crippen LogP contribution < -0.4 is 5.32 Å². The Balaban J connectivity index is 2.64. The fraction of sp³-hybridized carbons (Fsp3) is 0.583. The number of nitro groups is 1. The third-order valence-electron chi connectivity index (χ3n) is 2.65. The highest BCUT2D eigenvalue weighted by atomic mass is 16.6. The zero-order chi connectivity index (χ0) is 16.0. The molecular weight excluding hydrogens is 280 g/mol. The zero-order valence-corrected chi connectivity index (χ0v) is 12.1. The molecule has 0 bridgehead atoms. The van der Waals surface area contributed by atoms with Crippen LogP contribution in [0.25, 0.3) is 0 Å². The van der Waals surface area contributed by atoms with Crippen molar-refractivity contribution in [1.82, 2.24) is 15.1 Å². The molecule has 0 saturated carbocycles. The van der Waals surface area contributed by atoms with Gasteiger partial charge in [0.05, 0.1) is 24.5 Å². The summed E-state index contributed by atoms with van der Waals surface area (Å²) < 4.78 is 5.77. The van der Waals surface area contributed by atoms with Crippen molar-refractivity contribution in [3.05, 3.63) is 22.4 Å². The highest BCUT2D eigenvalue weighted by molar-refractivity contribution is 5.84. The van der Waals surface area contributed by atoms with Crippen LogP contribution >= 0.6 is 0 Å².